The van der Waals surface area contributed by atoms with E-state index in [0.29, 0.717) is 0 Å². The Balaban J connectivity index is 0.00000150. The van der Waals surface area contributed by atoms with Crippen molar-refractivity contribution in [2.45, 2.75) is 16.2 Å². The van der Waals surface area contributed by atoms with Crippen molar-refractivity contribution in [1.82, 2.24) is 9.80 Å². The van der Waals surface area contributed by atoms with Crippen LogP contribution in [0.4, 0.5) is 0 Å². The Morgan fingerprint density at radius 3 is 2.28 bits per heavy atom. The summed E-state index contributed by atoms with van der Waals surface area (Å²) in [5.41, 5.74) is 3.87. The predicted octanol–water partition coefficient (Wildman–Crippen LogP) is 5.08. The second kappa shape index (κ2) is 11.6. The van der Waals surface area contributed by atoms with E-state index in [9.17, 15) is 0 Å². The maximum Gasteiger partial charge on any atom is 0.0558 e. The monoisotopic (exact) mass is 472 g/mol. The molecule has 2 aromatic carbocycles. The van der Waals surface area contributed by atoms with Gasteiger partial charge in [0.2, 0.25) is 0 Å². The van der Waals surface area contributed by atoms with Crippen molar-refractivity contribution < 1.29 is 5.11 Å². The fourth-order valence-electron chi connectivity index (χ4n) is 3.83. The second-order valence-electron chi connectivity index (χ2n) is 7.05. The molecule has 0 radical (unpaired) electrons. The van der Waals surface area contributed by atoms with Crippen molar-refractivity contribution in [2.75, 3.05) is 45.9 Å². The highest BCUT2D eigenvalue weighted by Crippen LogP contribution is 2.46. The van der Waals surface area contributed by atoms with Crippen LogP contribution in [-0.2, 0) is 0 Å². The number of fused-ring (bicyclic) bond motifs is 2. The summed E-state index contributed by atoms with van der Waals surface area (Å²) in [5.74, 6) is 0. The molecule has 0 bridgehead atoms. The minimum absolute atomic E-state index is 0. The minimum atomic E-state index is 0. The fraction of sp³-hybridized carbons (Fsp3) is 0.364. The molecule has 0 unspecified atom stereocenters. The number of halogens is 3. The maximum atomic E-state index is 9.08. The van der Waals surface area contributed by atoms with Crippen molar-refractivity contribution in [3.05, 3.63) is 64.7 Å². The standard InChI is InChI=1S/C22H25ClN2OS.2ClH/c23-17-7-8-22-20(16-17)18(19-4-1-2-6-21(19)27-22)5-3-9-24-10-12-25(13-11-24)14-15-26;;/h1-2,4-8,16,26H,3,9-15H2;2*1H/b18-5+;;. The molecule has 7 heteroatoms. The summed E-state index contributed by atoms with van der Waals surface area (Å²) in [6, 6.07) is 14.8. The quantitative estimate of drug-likeness (QED) is 0.559. The third kappa shape index (κ3) is 5.92. The summed E-state index contributed by atoms with van der Waals surface area (Å²) >= 11 is 8.12. The summed E-state index contributed by atoms with van der Waals surface area (Å²) in [6.45, 7) is 6.39. The zero-order valence-corrected chi connectivity index (χ0v) is 19.4. The second-order valence-corrected chi connectivity index (χ2v) is 8.57. The topological polar surface area (TPSA) is 26.7 Å². The molecule has 1 fully saturated rings. The lowest BCUT2D eigenvalue weighted by Gasteiger charge is -2.34. The van der Waals surface area contributed by atoms with Crippen LogP contribution in [0.3, 0.4) is 0 Å². The van der Waals surface area contributed by atoms with Crippen molar-refractivity contribution >= 4 is 53.7 Å². The van der Waals surface area contributed by atoms with Gasteiger partial charge in [0.1, 0.15) is 0 Å². The van der Waals surface area contributed by atoms with Gasteiger partial charge in [0, 0.05) is 54.1 Å². The molecule has 29 heavy (non-hydrogen) atoms. The zero-order valence-electron chi connectivity index (χ0n) is 16.2. The number of β-amino-alcohol motifs (C(OH)–C–C–N with tert-alkyl or cyclic N) is 1. The fourth-order valence-corrected chi connectivity index (χ4v) is 5.09. The van der Waals surface area contributed by atoms with Crippen LogP contribution in [-0.4, -0.2) is 60.8 Å². The normalized spacial score (nSPS) is 17.8. The molecule has 0 atom stereocenters. The van der Waals surface area contributed by atoms with Crippen molar-refractivity contribution in [2.24, 2.45) is 0 Å². The van der Waals surface area contributed by atoms with Crippen LogP contribution in [0.25, 0.3) is 5.57 Å². The maximum absolute atomic E-state index is 9.08. The van der Waals surface area contributed by atoms with Crippen LogP contribution >= 0.6 is 48.2 Å². The van der Waals surface area contributed by atoms with Gasteiger partial charge in [-0.05, 0) is 47.4 Å². The number of hydrogen-bond donors (Lipinski definition) is 1. The summed E-state index contributed by atoms with van der Waals surface area (Å²) in [4.78, 5) is 7.45. The number of nitrogens with zero attached hydrogens (tertiary/aromatic N) is 2. The van der Waals surface area contributed by atoms with E-state index >= 15 is 0 Å². The first-order chi connectivity index (χ1) is 13.2. The number of aliphatic hydroxyl groups excluding tert-OH is 1. The van der Waals surface area contributed by atoms with Crippen LogP contribution in [0, 0.1) is 0 Å². The van der Waals surface area contributed by atoms with Gasteiger partial charge in [-0.15, -0.1) is 24.8 Å². The van der Waals surface area contributed by atoms with Gasteiger partial charge in [-0.3, -0.25) is 4.90 Å². The average Bonchev–Trinajstić information content (AvgIpc) is 2.69. The highest BCUT2D eigenvalue weighted by atomic mass is 35.5. The molecule has 0 amide bonds. The molecule has 0 saturated carbocycles. The van der Waals surface area contributed by atoms with Crippen LogP contribution in [0.15, 0.2) is 58.3 Å². The van der Waals surface area contributed by atoms with Gasteiger partial charge in [0.05, 0.1) is 6.61 Å². The lowest BCUT2D eigenvalue weighted by molar-refractivity contribution is 0.114. The SMILES string of the molecule is Cl.Cl.OCCN1CCN(CC/C=C2\c3ccccc3Sc3ccc(Cl)cc32)CC1. The number of benzene rings is 2. The van der Waals surface area contributed by atoms with Gasteiger partial charge in [-0.1, -0.05) is 47.6 Å². The van der Waals surface area contributed by atoms with Gasteiger partial charge in [0.25, 0.3) is 0 Å². The van der Waals surface area contributed by atoms with E-state index in [2.05, 4.69) is 52.3 Å². The van der Waals surface area contributed by atoms with E-state index < -0.39 is 0 Å². The van der Waals surface area contributed by atoms with Crippen molar-refractivity contribution in [3.8, 4) is 0 Å². The van der Waals surface area contributed by atoms with E-state index in [1.807, 2.05) is 17.8 Å². The Bertz CT molecular complexity index is 839. The molecule has 0 aromatic heterocycles. The molecule has 1 N–H and O–H groups in total. The van der Waals surface area contributed by atoms with Gasteiger partial charge in [-0.25, -0.2) is 0 Å². The summed E-state index contributed by atoms with van der Waals surface area (Å²) in [7, 11) is 0. The first kappa shape index (κ1) is 24.5. The molecule has 0 aliphatic carbocycles. The molecule has 2 aromatic rings. The van der Waals surface area contributed by atoms with E-state index in [1.54, 1.807) is 0 Å². The third-order valence-corrected chi connectivity index (χ3v) is 6.69. The van der Waals surface area contributed by atoms with E-state index in [-0.39, 0.29) is 31.4 Å². The molecule has 1 saturated heterocycles. The third-order valence-electron chi connectivity index (χ3n) is 5.30. The first-order valence-electron chi connectivity index (χ1n) is 9.57. The first-order valence-corrected chi connectivity index (χ1v) is 10.8. The molecule has 2 heterocycles. The molecular weight excluding hydrogens is 447 g/mol. The minimum Gasteiger partial charge on any atom is -0.395 e. The Labute approximate surface area is 194 Å². The Hall–Kier alpha value is -0.720. The zero-order chi connectivity index (χ0) is 18.6. The average molecular weight is 474 g/mol. The van der Waals surface area contributed by atoms with E-state index in [4.69, 9.17) is 16.7 Å². The molecule has 2 aliphatic rings. The molecule has 2 aliphatic heterocycles. The molecule has 4 rings (SSSR count). The number of hydrogen-bond acceptors (Lipinski definition) is 4. The van der Waals surface area contributed by atoms with E-state index in [0.717, 1.165) is 50.7 Å². The Morgan fingerprint density at radius 1 is 0.897 bits per heavy atom. The van der Waals surface area contributed by atoms with Gasteiger partial charge >= 0.3 is 0 Å². The van der Waals surface area contributed by atoms with Crippen LogP contribution in [0.5, 0.6) is 0 Å². The number of rotatable bonds is 5. The molecule has 158 valence electrons. The van der Waals surface area contributed by atoms with Gasteiger partial charge in [0.15, 0.2) is 0 Å². The molecule has 0 spiro atoms. The number of piperazine rings is 1. The smallest absolute Gasteiger partial charge is 0.0558 e. The summed E-state index contributed by atoms with van der Waals surface area (Å²) in [5, 5.41) is 9.87. The Morgan fingerprint density at radius 2 is 1.55 bits per heavy atom. The predicted molar refractivity (Wildman–Crippen MR) is 128 cm³/mol. The lowest BCUT2D eigenvalue weighted by atomic mass is 9.96. The highest BCUT2D eigenvalue weighted by molar-refractivity contribution is 7.99. The number of aliphatic hydroxyl groups is 1. The Kier molecular flexibility index (Phi) is 9.83. The highest BCUT2D eigenvalue weighted by Gasteiger charge is 2.21. The molecule has 3 nitrogen and oxygen atoms in total. The lowest BCUT2D eigenvalue weighted by Crippen LogP contribution is -2.47. The van der Waals surface area contributed by atoms with Gasteiger partial charge < -0.3 is 10.0 Å². The van der Waals surface area contributed by atoms with Crippen molar-refractivity contribution in [1.29, 1.82) is 0 Å². The van der Waals surface area contributed by atoms with Crippen LogP contribution in [0.2, 0.25) is 5.02 Å². The van der Waals surface area contributed by atoms with Crippen molar-refractivity contribution in [3.63, 3.8) is 0 Å². The van der Waals surface area contributed by atoms with Crippen LogP contribution < -0.4 is 0 Å². The van der Waals surface area contributed by atoms with Gasteiger partial charge in [-0.2, -0.15) is 0 Å². The van der Waals surface area contributed by atoms with E-state index in [1.165, 1.54) is 26.5 Å². The largest absolute Gasteiger partial charge is 0.395 e. The summed E-state index contributed by atoms with van der Waals surface area (Å²) in [6.07, 6.45) is 3.41. The van der Waals surface area contributed by atoms with Crippen LogP contribution in [0.1, 0.15) is 17.5 Å². The summed E-state index contributed by atoms with van der Waals surface area (Å²) < 4.78 is 0. The molecular formula is C22H27Cl3N2OS.